The van der Waals surface area contributed by atoms with Gasteiger partial charge in [-0.15, -0.1) is 0 Å². The van der Waals surface area contributed by atoms with Crippen molar-refractivity contribution in [2.45, 2.75) is 45.6 Å². The molecule has 0 radical (unpaired) electrons. The average Bonchev–Trinajstić information content (AvgIpc) is 3.32. The van der Waals surface area contributed by atoms with Crippen molar-refractivity contribution in [1.29, 1.82) is 0 Å². The van der Waals surface area contributed by atoms with Gasteiger partial charge in [-0.1, -0.05) is 24.2 Å². The van der Waals surface area contributed by atoms with E-state index in [2.05, 4.69) is 10.3 Å². The number of nitrogens with zero attached hydrogens (tertiary/aromatic N) is 2. The molecule has 8 heteroatoms. The fourth-order valence-corrected chi connectivity index (χ4v) is 4.57. The second-order valence-electron chi connectivity index (χ2n) is 6.76. The number of rotatable bonds is 6. The molecule has 1 fully saturated rings. The van der Waals surface area contributed by atoms with Crippen LogP contribution >= 0.6 is 11.3 Å². The first kappa shape index (κ1) is 20.1. The minimum atomic E-state index is -0.278. The number of anilines is 2. The highest BCUT2D eigenvalue weighted by Gasteiger charge is 2.29. The summed E-state index contributed by atoms with van der Waals surface area (Å²) in [6, 6.07) is 5.35. The van der Waals surface area contributed by atoms with E-state index in [4.69, 9.17) is 9.47 Å². The van der Waals surface area contributed by atoms with Crippen LogP contribution in [0.1, 0.15) is 48.0 Å². The number of carbonyl (C=O) groups is 2. The molecule has 0 unspecified atom stereocenters. The lowest BCUT2D eigenvalue weighted by Crippen LogP contribution is -2.37. The highest BCUT2D eigenvalue weighted by molar-refractivity contribution is 7.18. The van der Waals surface area contributed by atoms with Gasteiger partial charge in [0.2, 0.25) is 5.91 Å². The van der Waals surface area contributed by atoms with E-state index in [0.717, 1.165) is 25.7 Å². The van der Waals surface area contributed by atoms with Crippen molar-refractivity contribution >= 4 is 34.0 Å². The molecule has 7 nitrogen and oxygen atoms in total. The fourth-order valence-electron chi connectivity index (χ4n) is 3.49. The van der Waals surface area contributed by atoms with Crippen molar-refractivity contribution in [3.63, 3.8) is 0 Å². The molecule has 2 aromatic rings. The lowest BCUT2D eigenvalue weighted by atomic mass is 10.2. The van der Waals surface area contributed by atoms with Crippen molar-refractivity contribution in [3.05, 3.63) is 28.8 Å². The molecule has 0 saturated heterocycles. The number of ether oxygens (including phenoxy) is 2. The van der Waals surface area contributed by atoms with Crippen molar-refractivity contribution in [1.82, 2.24) is 4.98 Å². The molecule has 1 aliphatic carbocycles. The number of methoxy groups -OCH3 is 2. The Morgan fingerprint density at radius 1 is 1.21 bits per heavy atom. The molecule has 1 saturated carbocycles. The van der Waals surface area contributed by atoms with Crippen molar-refractivity contribution in [2.75, 3.05) is 24.4 Å². The lowest BCUT2D eigenvalue weighted by molar-refractivity contribution is -0.117. The standard InChI is InChI=1S/C20H25N3O4S/c1-12-18(19(25)22-16-10-9-15(26-3)11-17(16)27-4)28-20(21-12)23(13(2)24)14-7-5-6-8-14/h9-11,14H,5-8H2,1-4H3,(H,22,25). The van der Waals surface area contributed by atoms with Crippen LogP contribution in [0, 0.1) is 6.92 Å². The topological polar surface area (TPSA) is 80.8 Å². The summed E-state index contributed by atoms with van der Waals surface area (Å²) in [4.78, 5) is 31.8. The van der Waals surface area contributed by atoms with Crippen LogP contribution in [0.15, 0.2) is 18.2 Å². The summed E-state index contributed by atoms with van der Waals surface area (Å²) >= 11 is 1.25. The van der Waals surface area contributed by atoms with E-state index in [1.165, 1.54) is 18.4 Å². The molecular formula is C20H25N3O4S. The van der Waals surface area contributed by atoms with Gasteiger partial charge in [-0.05, 0) is 31.9 Å². The summed E-state index contributed by atoms with van der Waals surface area (Å²) in [6.07, 6.45) is 4.18. The van der Waals surface area contributed by atoms with Gasteiger partial charge in [0.05, 0.1) is 25.6 Å². The summed E-state index contributed by atoms with van der Waals surface area (Å²) in [5.41, 5.74) is 1.15. The van der Waals surface area contributed by atoms with Gasteiger partial charge in [0.15, 0.2) is 5.13 Å². The van der Waals surface area contributed by atoms with Gasteiger partial charge in [0, 0.05) is 19.0 Å². The third-order valence-electron chi connectivity index (χ3n) is 4.88. The van der Waals surface area contributed by atoms with E-state index >= 15 is 0 Å². The molecule has 28 heavy (non-hydrogen) atoms. The van der Waals surface area contributed by atoms with Crippen molar-refractivity contribution in [2.24, 2.45) is 0 Å². The van der Waals surface area contributed by atoms with Gasteiger partial charge in [0.1, 0.15) is 16.4 Å². The Hall–Kier alpha value is -2.61. The van der Waals surface area contributed by atoms with Crippen LogP contribution in [0.2, 0.25) is 0 Å². The molecule has 3 rings (SSSR count). The van der Waals surface area contributed by atoms with E-state index in [0.29, 0.717) is 32.9 Å². The Labute approximate surface area is 168 Å². The van der Waals surface area contributed by atoms with Crippen LogP contribution in [0.5, 0.6) is 11.5 Å². The number of benzene rings is 1. The molecule has 150 valence electrons. The molecule has 1 aliphatic rings. The number of nitrogens with one attached hydrogen (secondary N) is 1. The van der Waals surface area contributed by atoms with Gasteiger partial charge < -0.3 is 14.8 Å². The summed E-state index contributed by atoms with van der Waals surface area (Å²) in [5, 5.41) is 3.46. The molecule has 0 spiro atoms. The second kappa shape index (κ2) is 8.60. The SMILES string of the molecule is COc1ccc(NC(=O)c2sc(N(C(C)=O)C3CCCC3)nc2C)c(OC)c1. The summed E-state index contributed by atoms with van der Waals surface area (Å²) < 4.78 is 10.5. The van der Waals surface area contributed by atoms with Crippen molar-refractivity contribution < 1.29 is 19.1 Å². The number of hydrogen-bond donors (Lipinski definition) is 1. The zero-order valence-electron chi connectivity index (χ0n) is 16.6. The maximum absolute atomic E-state index is 12.9. The Balaban J connectivity index is 1.84. The van der Waals surface area contributed by atoms with Crippen LogP contribution in [0.25, 0.3) is 0 Å². The number of aromatic nitrogens is 1. The van der Waals surface area contributed by atoms with E-state index < -0.39 is 0 Å². The molecule has 1 heterocycles. The van der Waals surface area contributed by atoms with Gasteiger partial charge in [-0.25, -0.2) is 4.98 Å². The quantitative estimate of drug-likeness (QED) is 0.788. The Morgan fingerprint density at radius 2 is 1.93 bits per heavy atom. The van der Waals surface area contributed by atoms with Crippen molar-refractivity contribution in [3.8, 4) is 11.5 Å². The number of hydrogen-bond acceptors (Lipinski definition) is 6. The number of aryl methyl sites for hydroxylation is 1. The van der Waals surface area contributed by atoms with Crippen LogP contribution in [0.3, 0.4) is 0 Å². The molecule has 0 bridgehead atoms. The van der Waals surface area contributed by atoms with Gasteiger partial charge in [0.25, 0.3) is 5.91 Å². The molecule has 0 aliphatic heterocycles. The summed E-state index contributed by atoms with van der Waals surface area (Å²) in [5.74, 6) is 0.829. The van der Waals surface area contributed by atoms with Gasteiger partial charge >= 0.3 is 0 Å². The molecule has 0 atom stereocenters. The Morgan fingerprint density at radius 3 is 2.54 bits per heavy atom. The first-order chi connectivity index (χ1) is 13.4. The van der Waals surface area contributed by atoms with E-state index in [9.17, 15) is 9.59 Å². The van der Waals surface area contributed by atoms with E-state index in [-0.39, 0.29) is 17.9 Å². The fraction of sp³-hybridized carbons (Fsp3) is 0.450. The zero-order valence-corrected chi connectivity index (χ0v) is 17.4. The normalized spacial score (nSPS) is 14.0. The molecule has 2 amide bonds. The molecule has 1 aromatic carbocycles. The average molecular weight is 404 g/mol. The lowest BCUT2D eigenvalue weighted by Gasteiger charge is -2.24. The summed E-state index contributed by atoms with van der Waals surface area (Å²) in [7, 11) is 3.10. The maximum atomic E-state index is 12.9. The van der Waals surface area contributed by atoms with Gasteiger partial charge in [-0.2, -0.15) is 0 Å². The largest absolute Gasteiger partial charge is 0.497 e. The number of amides is 2. The van der Waals surface area contributed by atoms with Crippen LogP contribution in [0.4, 0.5) is 10.8 Å². The zero-order chi connectivity index (χ0) is 20.3. The predicted octanol–water partition coefficient (Wildman–Crippen LogP) is 4.02. The highest BCUT2D eigenvalue weighted by Crippen LogP contribution is 2.34. The molecule has 1 aromatic heterocycles. The molecule has 1 N–H and O–H groups in total. The third kappa shape index (κ3) is 4.11. The van der Waals surface area contributed by atoms with Gasteiger partial charge in [-0.3, -0.25) is 14.5 Å². The van der Waals surface area contributed by atoms with E-state index in [1.54, 1.807) is 44.1 Å². The second-order valence-corrected chi connectivity index (χ2v) is 7.74. The minimum Gasteiger partial charge on any atom is -0.497 e. The highest BCUT2D eigenvalue weighted by atomic mass is 32.1. The number of thiazole rings is 1. The number of carbonyl (C=O) groups excluding carboxylic acids is 2. The first-order valence-corrected chi connectivity index (χ1v) is 10.1. The third-order valence-corrected chi connectivity index (χ3v) is 6.04. The van der Waals surface area contributed by atoms with Crippen LogP contribution in [-0.2, 0) is 4.79 Å². The Kier molecular flexibility index (Phi) is 6.18. The van der Waals surface area contributed by atoms with Crippen LogP contribution in [-0.4, -0.2) is 37.1 Å². The summed E-state index contributed by atoms with van der Waals surface area (Å²) in [6.45, 7) is 3.34. The monoisotopic (exact) mass is 403 g/mol. The minimum absolute atomic E-state index is 0.0376. The smallest absolute Gasteiger partial charge is 0.267 e. The van der Waals surface area contributed by atoms with E-state index in [1.807, 2.05) is 0 Å². The van der Waals surface area contributed by atoms with Crippen LogP contribution < -0.4 is 19.7 Å². The maximum Gasteiger partial charge on any atom is 0.267 e. The molecular weight excluding hydrogens is 378 g/mol. The first-order valence-electron chi connectivity index (χ1n) is 9.25. The Bertz CT molecular complexity index is 874. The predicted molar refractivity (Wildman–Crippen MR) is 110 cm³/mol.